The van der Waals surface area contributed by atoms with Crippen molar-refractivity contribution in [2.75, 3.05) is 23.3 Å². The minimum atomic E-state index is 0.214. The first-order valence-corrected chi connectivity index (χ1v) is 9.28. The van der Waals surface area contributed by atoms with Gasteiger partial charge in [-0.3, -0.25) is 0 Å². The van der Waals surface area contributed by atoms with E-state index < -0.39 is 0 Å². The maximum Gasteiger partial charge on any atom is 0.229 e. The Bertz CT molecular complexity index is 895. The van der Waals surface area contributed by atoms with E-state index in [1.807, 2.05) is 37.8 Å². The average molecular weight is 364 g/mol. The molecule has 1 saturated heterocycles. The van der Waals surface area contributed by atoms with E-state index >= 15 is 0 Å². The molecule has 0 bridgehead atoms. The summed E-state index contributed by atoms with van der Waals surface area (Å²) in [7, 11) is 0. The van der Waals surface area contributed by atoms with Gasteiger partial charge in [0.2, 0.25) is 5.95 Å². The van der Waals surface area contributed by atoms with Crippen LogP contribution in [0.5, 0.6) is 5.75 Å². The standard InChI is InChI=1S/C20H24N6O/c1-15-10-19(24-20(22-15)23-17-5-2-6-18(27)11-17)26-8-3-4-16(13-26)12-25-9-7-21-14-25/h2,5-7,9-11,14,16,27H,3-4,8,12-13H2,1H3,(H,22,23,24)/t16-/m0/s1. The van der Waals surface area contributed by atoms with Crippen LogP contribution in [0.3, 0.4) is 0 Å². The minimum absolute atomic E-state index is 0.214. The lowest BCUT2D eigenvalue weighted by molar-refractivity contribution is 0.365. The molecule has 0 amide bonds. The Morgan fingerprint density at radius 2 is 2.19 bits per heavy atom. The van der Waals surface area contributed by atoms with Gasteiger partial charge in [0.15, 0.2) is 0 Å². The number of phenolic OH excluding ortho intramolecular Hbond substituents is 1. The molecule has 0 saturated carbocycles. The summed E-state index contributed by atoms with van der Waals surface area (Å²) < 4.78 is 2.15. The lowest BCUT2D eigenvalue weighted by Crippen LogP contribution is -2.37. The largest absolute Gasteiger partial charge is 0.508 e. The van der Waals surface area contributed by atoms with Crippen LogP contribution in [0.4, 0.5) is 17.5 Å². The van der Waals surface area contributed by atoms with Crippen LogP contribution in [-0.2, 0) is 6.54 Å². The molecule has 0 radical (unpaired) electrons. The van der Waals surface area contributed by atoms with Crippen molar-refractivity contribution < 1.29 is 5.11 Å². The third-order valence-corrected chi connectivity index (χ3v) is 4.81. The number of anilines is 3. The van der Waals surface area contributed by atoms with Crippen molar-refractivity contribution in [3.63, 3.8) is 0 Å². The van der Waals surface area contributed by atoms with Crippen LogP contribution >= 0.6 is 0 Å². The molecule has 0 spiro atoms. The molecular formula is C20H24N6O. The highest BCUT2D eigenvalue weighted by Gasteiger charge is 2.22. The predicted molar refractivity (Wildman–Crippen MR) is 105 cm³/mol. The summed E-state index contributed by atoms with van der Waals surface area (Å²) in [6.45, 7) is 4.93. The van der Waals surface area contributed by atoms with E-state index in [0.717, 1.165) is 43.3 Å². The highest BCUT2D eigenvalue weighted by Crippen LogP contribution is 2.25. The van der Waals surface area contributed by atoms with E-state index in [2.05, 4.69) is 24.8 Å². The second-order valence-corrected chi connectivity index (χ2v) is 7.08. The van der Waals surface area contributed by atoms with Crippen LogP contribution in [0.1, 0.15) is 18.5 Å². The fraction of sp³-hybridized carbons (Fsp3) is 0.350. The summed E-state index contributed by atoms with van der Waals surface area (Å²) in [5.41, 5.74) is 1.68. The monoisotopic (exact) mass is 364 g/mol. The molecule has 2 N–H and O–H groups in total. The summed E-state index contributed by atoms with van der Waals surface area (Å²) in [5, 5.41) is 12.8. The molecule has 1 fully saturated rings. The molecule has 27 heavy (non-hydrogen) atoms. The van der Waals surface area contributed by atoms with Crippen molar-refractivity contribution in [2.45, 2.75) is 26.3 Å². The van der Waals surface area contributed by atoms with Gasteiger partial charge >= 0.3 is 0 Å². The van der Waals surface area contributed by atoms with Gasteiger partial charge in [-0.1, -0.05) is 6.07 Å². The third kappa shape index (κ3) is 4.36. The number of nitrogens with zero attached hydrogens (tertiary/aromatic N) is 5. The Hall–Kier alpha value is -3.09. The molecule has 140 valence electrons. The summed E-state index contributed by atoms with van der Waals surface area (Å²) >= 11 is 0. The van der Waals surface area contributed by atoms with E-state index in [1.54, 1.807) is 18.2 Å². The maximum atomic E-state index is 9.64. The van der Waals surface area contributed by atoms with E-state index in [-0.39, 0.29) is 5.75 Å². The van der Waals surface area contributed by atoms with Crippen LogP contribution in [0.2, 0.25) is 0 Å². The Morgan fingerprint density at radius 3 is 3.00 bits per heavy atom. The van der Waals surface area contributed by atoms with Gasteiger partial charge in [-0.2, -0.15) is 4.98 Å². The molecule has 7 heteroatoms. The van der Waals surface area contributed by atoms with Gasteiger partial charge in [0.05, 0.1) is 6.33 Å². The number of aromatic nitrogens is 4. The number of piperidine rings is 1. The van der Waals surface area contributed by atoms with E-state index in [0.29, 0.717) is 11.9 Å². The molecule has 7 nitrogen and oxygen atoms in total. The van der Waals surface area contributed by atoms with Crippen molar-refractivity contribution >= 4 is 17.5 Å². The zero-order valence-corrected chi connectivity index (χ0v) is 15.4. The smallest absolute Gasteiger partial charge is 0.229 e. The van der Waals surface area contributed by atoms with Gasteiger partial charge in [0.25, 0.3) is 0 Å². The van der Waals surface area contributed by atoms with Gasteiger partial charge in [0.1, 0.15) is 11.6 Å². The zero-order chi connectivity index (χ0) is 18.6. The van der Waals surface area contributed by atoms with Crippen molar-refractivity contribution in [3.8, 4) is 5.75 Å². The number of aryl methyl sites for hydroxylation is 1. The normalized spacial score (nSPS) is 17.1. The second-order valence-electron chi connectivity index (χ2n) is 7.08. The Kier molecular flexibility index (Phi) is 4.91. The van der Waals surface area contributed by atoms with Crippen LogP contribution < -0.4 is 10.2 Å². The Labute approximate surface area is 158 Å². The molecule has 2 aromatic heterocycles. The molecule has 1 aromatic carbocycles. The molecule has 0 unspecified atom stereocenters. The highest BCUT2D eigenvalue weighted by molar-refractivity contribution is 5.57. The van der Waals surface area contributed by atoms with Gasteiger partial charge in [0, 0.05) is 55.5 Å². The number of aromatic hydroxyl groups is 1. The van der Waals surface area contributed by atoms with Crippen molar-refractivity contribution in [1.29, 1.82) is 0 Å². The second kappa shape index (κ2) is 7.65. The number of hydrogen-bond donors (Lipinski definition) is 2. The lowest BCUT2D eigenvalue weighted by atomic mass is 9.98. The zero-order valence-electron chi connectivity index (χ0n) is 15.4. The first-order chi connectivity index (χ1) is 13.2. The average Bonchev–Trinajstić information content (AvgIpc) is 3.14. The van der Waals surface area contributed by atoms with Gasteiger partial charge in [-0.15, -0.1) is 0 Å². The fourth-order valence-electron chi connectivity index (χ4n) is 3.60. The predicted octanol–water partition coefficient (Wildman–Crippen LogP) is 3.35. The molecule has 3 heterocycles. The van der Waals surface area contributed by atoms with E-state index in [4.69, 9.17) is 4.98 Å². The molecule has 4 rings (SSSR count). The number of benzene rings is 1. The third-order valence-electron chi connectivity index (χ3n) is 4.81. The fourth-order valence-corrected chi connectivity index (χ4v) is 3.60. The van der Waals surface area contributed by atoms with Crippen LogP contribution in [0.25, 0.3) is 0 Å². The molecular weight excluding hydrogens is 340 g/mol. The maximum absolute atomic E-state index is 9.64. The topological polar surface area (TPSA) is 79.1 Å². The minimum Gasteiger partial charge on any atom is -0.508 e. The Balaban J connectivity index is 1.50. The first-order valence-electron chi connectivity index (χ1n) is 9.28. The lowest BCUT2D eigenvalue weighted by Gasteiger charge is -2.34. The summed E-state index contributed by atoms with van der Waals surface area (Å²) in [6, 6.07) is 9.01. The number of rotatable bonds is 5. The van der Waals surface area contributed by atoms with Gasteiger partial charge in [-0.25, -0.2) is 9.97 Å². The summed E-state index contributed by atoms with van der Waals surface area (Å²) in [4.78, 5) is 15.7. The van der Waals surface area contributed by atoms with Crippen molar-refractivity contribution in [2.24, 2.45) is 5.92 Å². The van der Waals surface area contributed by atoms with Crippen LogP contribution in [0.15, 0.2) is 49.1 Å². The van der Waals surface area contributed by atoms with Crippen molar-refractivity contribution in [1.82, 2.24) is 19.5 Å². The summed E-state index contributed by atoms with van der Waals surface area (Å²) in [6.07, 6.45) is 8.09. The van der Waals surface area contributed by atoms with Crippen LogP contribution in [0, 0.1) is 12.8 Å². The summed E-state index contributed by atoms with van der Waals surface area (Å²) in [5.74, 6) is 2.28. The molecule has 1 aliphatic heterocycles. The van der Waals surface area contributed by atoms with Crippen LogP contribution in [-0.4, -0.2) is 37.7 Å². The highest BCUT2D eigenvalue weighted by atomic mass is 16.3. The van der Waals surface area contributed by atoms with Gasteiger partial charge < -0.3 is 19.9 Å². The number of phenols is 1. The van der Waals surface area contributed by atoms with Gasteiger partial charge in [-0.05, 0) is 37.8 Å². The first kappa shape index (κ1) is 17.3. The van der Waals surface area contributed by atoms with Crippen molar-refractivity contribution in [3.05, 3.63) is 54.7 Å². The SMILES string of the molecule is Cc1cc(N2CCC[C@@H](Cn3ccnc3)C2)nc(Nc2cccc(O)c2)n1. The van der Waals surface area contributed by atoms with E-state index in [1.165, 1.54) is 6.42 Å². The molecule has 1 aliphatic rings. The van der Waals surface area contributed by atoms with E-state index in [9.17, 15) is 5.11 Å². The molecule has 1 atom stereocenters. The molecule has 3 aromatic rings. The number of nitrogens with one attached hydrogen (secondary N) is 1. The molecule has 0 aliphatic carbocycles. The Morgan fingerprint density at radius 1 is 1.26 bits per heavy atom. The quantitative estimate of drug-likeness (QED) is 0.723. The number of imidazole rings is 1. The number of hydrogen-bond acceptors (Lipinski definition) is 6.